The van der Waals surface area contributed by atoms with Gasteiger partial charge >= 0.3 is 0 Å². The SMILES string of the molecule is C=C(Nc1nccc(-c2cnc(C3CCCNCC3)n2C)n1)c1ccccc1. The van der Waals surface area contributed by atoms with Gasteiger partial charge in [0.1, 0.15) is 5.82 Å². The quantitative estimate of drug-likeness (QED) is 0.711. The minimum atomic E-state index is 0.492. The fourth-order valence-electron chi connectivity index (χ4n) is 3.73. The highest BCUT2D eigenvalue weighted by molar-refractivity contribution is 5.73. The van der Waals surface area contributed by atoms with Gasteiger partial charge in [-0.1, -0.05) is 36.9 Å². The number of aromatic nitrogens is 4. The van der Waals surface area contributed by atoms with E-state index in [0.717, 1.165) is 48.0 Å². The van der Waals surface area contributed by atoms with Gasteiger partial charge in [-0.2, -0.15) is 0 Å². The van der Waals surface area contributed by atoms with E-state index in [1.165, 1.54) is 12.8 Å². The van der Waals surface area contributed by atoms with Crippen LogP contribution in [0.5, 0.6) is 0 Å². The van der Waals surface area contributed by atoms with Gasteiger partial charge in [-0.15, -0.1) is 0 Å². The predicted octanol–water partition coefficient (Wildman–Crippen LogP) is 3.82. The van der Waals surface area contributed by atoms with Crippen LogP contribution in [0.1, 0.15) is 36.6 Å². The van der Waals surface area contributed by atoms with Crippen molar-refractivity contribution in [3.63, 3.8) is 0 Å². The Morgan fingerprint density at radius 1 is 1.14 bits per heavy atom. The highest BCUT2D eigenvalue weighted by Crippen LogP contribution is 2.28. The Labute approximate surface area is 165 Å². The fraction of sp³-hybridized carbons (Fsp3) is 0.318. The molecule has 1 unspecified atom stereocenters. The third kappa shape index (κ3) is 3.97. The van der Waals surface area contributed by atoms with E-state index in [1.807, 2.05) is 42.6 Å². The van der Waals surface area contributed by atoms with Gasteiger partial charge in [-0.25, -0.2) is 15.0 Å². The number of nitrogens with one attached hydrogen (secondary N) is 2. The Hall–Kier alpha value is -2.99. The Kier molecular flexibility index (Phi) is 5.48. The van der Waals surface area contributed by atoms with E-state index in [1.54, 1.807) is 6.20 Å². The highest BCUT2D eigenvalue weighted by atomic mass is 15.1. The van der Waals surface area contributed by atoms with E-state index >= 15 is 0 Å². The maximum absolute atomic E-state index is 4.73. The first-order valence-electron chi connectivity index (χ1n) is 9.79. The molecule has 1 aliphatic heterocycles. The first-order valence-corrected chi connectivity index (χ1v) is 9.79. The van der Waals surface area contributed by atoms with Crippen molar-refractivity contribution in [1.82, 2.24) is 24.8 Å². The maximum atomic E-state index is 4.73. The molecule has 3 heterocycles. The van der Waals surface area contributed by atoms with Crippen molar-refractivity contribution >= 4 is 11.6 Å². The molecule has 0 spiro atoms. The summed E-state index contributed by atoms with van der Waals surface area (Å²) in [6.07, 6.45) is 7.18. The third-order valence-electron chi connectivity index (χ3n) is 5.27. The summed E-state index contributed by atoms with van der Waals surface area (Å²) in [5.74, 6) is 2.17. The number of nitrogens with zero attached hydrogens (tertiary/aromatic N) is 4. The van der Waals surface area contributed by atoms with Gasteiger partial charge in [0, 0.05) is 24.9 Å². The fourth-order valence-corrected chi connectivity index (χ4v) is 3.73. The number of hydrogen-bond donors (Lipinski definition) is 2. The Morgan fingerprint density at radius 2 is 2.00 bits per heavy atom. The second-order valence-corrected chi connectivity index (χ2v) is 7.17. The average molecular weight is 374 g/mol. The van der Waals surface area contributed by atoms with Crippen LogP contribution in [0, 0.1) is 0 Å². The summed E-state index contributed by atoms with van der Waals surface area (Å²) >= 11 is 0. The second kappa shape index (κ2) is 8.35. The van der Waals surface area contributed by atoms with Gasteiger partial charge in [0.25, 0.3) is 0 Å². The molecule has 4 rings (SSSR count). The van der Waals surface area contributed by atoms with Crippen LogP contribution in [0.4, 0.5) is 5.95 Å². The van der Waals surface area contributed by atoms with Gasteiger partial charge < -0.3 is 15.2 Å². The molecule has 1 aliphatic rings. The smallest absolute Gasteiger partial charge is 0.227 e. The zero-order valence-electron chi connectivity index (χ0n) is 16.2. The largest absolute Gasteiger partial charge is 0.330 e. The molecule has 0 aliphatic carbocycles. The molecule has 3 aromatic rings. The first-order chi connectivity index (χ1) is 13.7. The Balaban J connectivity index is 1.55. The maximum Gasteiger partial charge on any atom is 0.227 e. The van der Waals surface area contributed by atoms with Crippen LogP contribution in [0.15, 0.2) is 55.4 Å². The monoisotopic (exact) mass is 374 g/mol. The molecule has 2 aromatic heterocycles. The van der Waals surface area contributed by atoms with Gasteiger partial charge in [0.05, 0.1) is 17.6 Å². The van der Waals surface area contributed by atoms with E-state index in [-0.39, 0.29) is 0 Å². The van der Waals surface area contributed by atoms with Crippen molar-refractivity contribution in [2.75, 3.05) is 18.4 Å². The summed E-state index contributed by atoms with van der Waals surface area (Å²) in [7, 11) is 2.08. The zero-order chi connectivity index (χ0) is 19.3. The molecule has 0 radical (unpaired) electrons. The Morgan fingerprint density at radius 3 is 2.86 bits per heavy atom. The molecule has 0 bridgehead atoms. The third-order valence-corrected chi connectivity index (χ3v) is 5.27. The van der Waals surface area contributed by atoms with Crippen LogP contribution < -0.4 is 10.6 Å². The van der Waals surface area contributed by atoms with Crippen molar-refractivity contribution in [2.45, 2.75) is 25.2 Å². The predicted molar refractivity (Wildman–Crippen MR) is 113 cm³/mol. The van der Waals surface area contributed by atoms with E-state index < -0.39 is 0 Å². The van der Waals surface area contributed by atoms with E-state index in [9.17, 15) is 0 Å². The molecule has 6 heteroatoms. The van der Waals surface area contributed by atoms with Crippen molar-refractivity contribution < 1.29 is 0 Å². The summed E-state index contributed by atoms with van der Waals surface area (Å²) in [4.78, 5) is 13.8. The van der Waals surface area contributed by atoms with Crippen LogP contribution in [0.3, 0.4) is 0 Å². The van der Waals surface area contributed by atoms with Crippen molar-refractivity contribution in [3.05, 3.63) is 66.8 Å². The molecule has 2 N–H and O–H groups in total. The normalized spacial score (nSPS) is 17.1. The lowest BCUT2D eigenvalue weighted by Gasteiger charge is -2.14. The highest BCUT2D eigenvalue weighted by Gasteiger charge is 2.20. The topological polar surface area (TPSA) is 67.7 Å². The lowest BCUT2D eigenvalue weighted by Crippen LogP contribution is -2.14. The van der Waals surface area contributed by atoms with Crippen LogP contribution in [-0.4, -0.2) is 32.6 Å². The second-order valence-electron chi connectivity index (χ2n) is 7.17. The lowest BCUT2D eigenvalue weighted by molar-refractivity contribution is 0.556. The van der Waals surface area contributed by atoms with E-state index in [4.69, 9.17) is 9.97 Å². The molecule has 0 saturated carbocycles. The molecule has 1 atom stereocenters. The van der Waals surface area contributed by atoms with Gasteiger partial charge in [0.15, 0.2) is 0 Å². The first kappa shape index (κ1) is 18.4. The Bertz CT molecular complexity index is 939. The summed E-state index contributed by atoms with van der Waals surface area (Å²) < 4.78 is 2.17. The van der Waals surface area contributed by atoms with E-state index in [0.29, 0.717) is 11.9 Å². The van der Waals surface area contributed by atoms with Crippen molar-refractivity contribution in [3.8, 4) is 11.4 Å². The summed E-state index contributed by atoms with van der Waals surface area (Å²) in [5.41, 5.74) is 3.64. The van der Waals surface area contributed by atoms with Crippen molar-refractivity contribution in [2.24, 2.45) is 7.05 Å². The molecule has 28 heavy (non-hydrogen) atoms. The van der Waals surface area contributed by atoms with E-state index in [2.05, 4.69) is 33.8 Å². The molecule has 144 valence electrons. The number of imidazole rings is 1. The van der Waals surface area contributed by atoms with Gasteiger partial charge in [-0.3, -0.25) is 0 Å². The molecule has 1 aromatic carbocycles. The number of hydrogen-bond acceptors (Lipinski definition) is 5. The molecular weight excluding hydrogens is 348 g/mol. The minimum absolute atomic E-state index is 0.492. The van der Waals surface area contributed by atoms with Gasteiger partial charge in [-0.05, 0) is 44.0 Å². The number of anilines is 1. The number of rotatable bonds is 5. The summed E-state index contributed by atoms with van der Waals surface area (Å²) in [6, 6.07) is 11.9. The minimum Gasteiger partial charge on any atom is -0.330 e. The summed E-state index contributed by atoms with van der Waals surface area (Å²) in [6.45, 7) is 6.25. The lowest BCUT2D eigenvalue weighted by atomic mass is 10.00. The van der Waals surface area contributed by atoms with Crippen LogP contribution in [0.25, 0.3) is 17.1 Å². The molecule has 6 nitrogen and oxygen atoms in total. The number of benzene rings is 1. The van der Waals surface area contributed by atoms with Crippen LogP contribution in [-0.2, 0) is 7.05 Å². The molecular formula is C22H26N6. The van der Waals surface area contributed by atoms with Gasteiger partial charge in [0.2, 0.25) is 5.95 Å². The molecule has 0 amide bonds. The van der Waals surface area contributed by atoms with Crippen LogP contribution >= 0.6 is 0 Å². The van der Waals surface area contributed by atoms with Crippen molar-refractivity contribution in [1.29, 1.82) is 0 Å². The standard InChI is InChI=1S/C22H26N6/c1-16(17-7-4-3-5-8-17)26-22-24-14-11-19(27-22)20-15-25-21(28(20)2)18-9-6-12-23-13-10-18/h3-5,7-8,11,14-15,18,23H,1,6,9-10,12-13H2,2H3,(H,24,26,27). The summed E-state index contributed by atoms with van der Waals surface area (Å²) in [5, 5.41) is 6.68. The van der Waals surface area contributed by atoms with Crippen LogP contribution in [0.2, 0.25) is 0 Å². The molecule has 1 saturated heterocycles. The average Bonchev–Trinajstić information content (AvgIpc) is 2.92. The zero-order valence-corrected chi connectivity index (χ0v) is 16.2. The molecule has 1 fully saturated rings.